The van der Waals surface area contributed by atoms with Crippen LogP contribution in [0.5, 0.6) is 0 Å². The maximum absolute atomic E-state index is 12.8. The van der Waals surface area contributed by atoms with E-state index in [0.717, 1.165) is 0 Å². The van der Waals surface area contributed by atoms with Crippen LogP contribution in [0.3, 0.4) is 0 Å². The Hall–Kier alpha value is -2.05. The smallest absolute Gasteiger partial charge is 0.266 e. The van der Waals surface area contributed by atoms with Crippen molar-refractivity contribution in [2.45, 2.75) is 19.4 Å². The van der Waals surface area contributed by atoms with Gasteiger partial charge < -0.3 is 5.73 Å². The lowest BCUT2D eigenvalue weighted by Gasteiger charge is -2.10. The zero-order valence-electron chi connectivity index (χ0n) is 8.24. The maximum Gasteiger partial charge on any atom is 0.266 e. The van der Waals surface area contributed by atoms with E-state index in [0.29, 0.717) is 0 Å². The molecule has 1 heterocycles. The summed E-state index contributed by atoms with van der Waals surface area (Å²) in [4.78, 5) is 3.74. The molecule has 0 radical (unpaired) electrons. The van der Waals surface area contributed by atoms with Gasteiger partial charge in [0, 0.05) is 18.3 Å². The van der Waals surface area contributed by atoms with E-state index in [-0.39, 0.29) is 29.8 Å². The summed E-state index contributed by atoms with van der Waals surface area (Å²) >= 11 is 0. The Bertz CT molecular complexity index is 471. The number of halogens is 2. The molecule has 82 valence electrons. The topological polar surface area (TPSA) is 86.5 Å². The van der Waals surface area contributed by atoms with E-state index >= 15 is 0 Å². The van der Waals surface area contributed by atoms with Crippen LogP contribution < -0.4 is 5.73 Å². The molecule has 0 bridgehead atoms. The average molecular weight is 222 g/mol. The summed E-state index contributed by atoms with van der Waals surface area (Å²) in [5.74, 6) is 0. The van der Waals surface area contributed by atoms with E-state index in [4.69, 9.17) is 16.3 Å². The van der Waals surface area contributed by atoms with Crippen LogP contribution in [0.4, 0.5) is 8.78 Å². The number of aromatic nitrogens is 1. The van der Waals surface area contributed by atoms with Gasteiger partial charge in [-0.15, -0.1) is 0 Å². The molecule has 1 aromatic heterocycles. The second-order valence-electron chi connectivity index (χ2n) is 2.97. The highest BCUT2D eigenvalue weighted by atomic mass is 19.3. The van der Waals surface area contributed by atoms with Gasteiger partial charge >= 0.3 is 0 Å². The molecular formula is C10H8F2N4. The van der Waals surface area contributed by atoms with Crippen molar-refractivity contribution in [3.8, 4) is 12.1 Å². The Balaban J connectivity index is 3.47. The van der Waals surface area contributed by atoms with E-state index in [1.165, 1.54) is 6.20 Å². The minimum absolute atomic E-state index is 0.0392. The number of alkyl halides is 2. The van der Waals surface area contributed by atoms with Crippen LogP contribution >= 0.6 is 0 Å². The van der Waals surface area contributed by atoms with Gasteiger partial charge in [-0.05, 0) is 0 Å². The Morgan fingerprint density at radius 1 is 1.44 bits per heavy atom. The van der Waals surface area contributed by atoms with Gasteiger partial charge in [-0.3, -0.25) is 4.98 Å². The average Bonchev–Trinajstić information content (AvgIpc) is 2.28. The molecule has 0 aliphatic heterocycles. The van der Waals surface area contributed by atoms with Crippen molar-refractivity contribution in [2.75, 3.05) is 0 Å². The molecule has 0 aliphatic carbocycles. The Kier molecular flexibility index (Phi) is 3.87. The van der Waals surface area contributed by atoms with Gasteiger partial charge in [-0.1, -0.05) is 0 Å². The second kappa shape index (κ2) is 5.15. The Morgan fingerprint density at radius 3 is 2.56 bits per heavy atom. The lowest BCUT2D eigenvalue weighted by molar-refractivity contribution is 0.149. The van der Waals surface area contributed by atoms with E-state index in [1.807, 2.05) is 0 Å². The molecule has 0 aromatic carbocycles. The molecular weight excluding hydrogens is 214 g/mol. The van der Waals surface area contributed by atoms with E-state index in [1.54, 1.807) is 12.1 Å². The summed E-state index contributed by atoms with van der Waals surface area (Å²) in [5, 5.41) is 17.3. The van der Waals surface area contributed by atoms with Gasteiger partial charge in [-0.2, -0.15) is 10.5 Å². The minimum Gasteiger partial charge on any atom is -0.326 e. The van der Waals surface area contributed by atoms with Gasteiger partial charge in [0.15, 0.2) is 0 Å². The quantitative estimate of drug-likeness (QED) is 0.837. The molecule has 6 heteroatoms. The highest BCUT2D eigenvalue weighted by Gasteiger charge is 2.21. The molecule has 2 N–H and O–H groups in total. The third-order valence-corrected chi connectivity index (χ3v) is 2.07. The van der Waals surface area contributed by atoms with Crippen molar-refractivity contribution in [2.24, 2.45) is 5.73 Å². The number of pyridine rings is 1. The zero-order chi connectivity index (χ0) is 12.1. The van der Waals surface area contributed by atoms with Gasteiger partial charge in [0.2, 0.25) is 0 Å². The fraction of sp³-hybridized carbons (Fsp3) is 0.300. The Labute approximate surface area is 90.9 Å². The molecule has 0 fully saturated rings. The molecule has 4 nitrogen and oxygen atoms in total. The summed E-state index contributed by atoms with van der Waals surface area (Å²) in [6.45, 7) is -0.0392. The number of hydrogen-bond acceptors (Lipinski definition) is 4. The summed E-state index contributed by atoms with van der Waals surface area (Å²) < 4.78 is 25.5. The number of nitriles is 2. The van der Waals surface area contributed by atoms with Gasteiger partial charge in [0.1, 0.15) is 6.07 Å². The number of nitrogens with two attached hydrogens (primary N) is 1. The van der Waals surface area contributed by atoms with E-state index < -0.39 is 12.0 Å². The molecule has 0 saturated carbocycles. The number of nitrogens with zero attached hydrogens (tertiary/aromatic N) is 3. The van der Waals surface area contributed by atoms with E-state index in [9.17, 15) is 8.78 Å². The largest absolute Gasteiger partial charge is 0.326 e. The van der Waals surface area contributed by atoms with Crippen LogP contribution in [0.2, 0.25) is 0 Å². The molecule has 0 saturated heterocycles. The van der Waals surface area contributed by atoms with Crippen molar-refractivity contribution < 1.29 is 8.78 Å². The molecule has 0 aliphatic rings. The van der Waals surface area contributed by atoms with Crippen LogP contribution in [0.15, 0.2) is 6.20 Å². The van der Waals surface area contributed by atoms with Crippen molar-refractivity contribution in [3.63, 3.8) is 0 Å². The molecule has 0 amide bonds. The third-order valence-electron chi connectivity index (χ3n) is 2.07. The molecule has 0 atom stereocenters. The summed E-state index contributed by atoms with van der Waals surface area (Å²) in [6.07, 6.45) is -1.83. The first-order chi connectivity index (χ1) is 7.65. The van der Waals surface area contributed by atoms with Gasteiger partial charge in [0.05, 0.1) is 29.3 Å². The fourth-order valence-corrected chi connectivity index (χ4v) is 1.34. The summed E-state index contributed by atoms with van der Waals surface area (Å²) in [7, 11) is 0. The van der Waals surface area contributed by atoms with Gasteiger partial charge in [0.25, 0.3) is 6.43 Å². The first-order valence-corrected chi connectivity index (χ1v) is 4.41. The molecule has 1 rings (SSSR count). The fourth-order valence-electron chi connectivity index (χ4n) is 1.34. The lowest BCUT2D eigenvalue weighted by Crippen LogP contribution is -2.08. The molecule has 0 spiro atoms. The number of rotatable bonds is 3. The first kappa shape index (κ1) is 12.0. The highest BCUT2D eigenvalue weighted by Crippen LogP contribution is 2.27. The van der Waals surface area contributed by atoms with Crippen LogP contribution in [0, 0.1) is 22.7 Å². The molecule has 16 heavy (non-hydrogen) atoms. The van der Waals surface area contributed by atoms with Gasteiger partial charge in [-0.25, -0.2) is 8.78 Å². The van der Waals surface area contributed by atoms with Crippen molar-refractivity contribution >= 4 is 0 Å². The SMILES string of the molecule is N#CCc1ncc(CN)c(C#N)c1C(F)F. The summed E-state index contributed by atoms with van der Waals surface area (Å²) in [6, 6.07) is 3.42. The lowest BCUT2D eigenvalue weighted by atomic mass is 10.0. The molecule has 1 aromatic rings. The van der Waals surface area contributed by atoms with Crippen LogP contribution in [0.25, 0.3) is 0 Å². The summed E-state index contributed by atoms with van der Waals surface area (Å²) in [5.41, 5.74) is 4.87. The number of hydrogen-bond donors (Lipinski definition) is 1. The molecule has 0 unspecified atom stereocenters. The highest BCUT2D eigenvalue weighted by molar-refractivity contribution is 5.46. The second-order valence-corrected chi connectivity index (χ2v) is 2.97. The standard InChI is InChI=1S/C10H8F2N4/c11-10(12)9-7(4-15)6(3-14)5-16-8(9)1-2-13/h5,10H,1,3,14H2. The maximum atomic E-state index is 12.8. The predicted molar refractivity (Wildman–Crippen MR) is 51.1 cm³/mol. The predicted octanol–water partition coefficient (Wildman–Crippen LogP) is 1.42. The zero-order valence-corrected chi connectivity index (χ0v) is 8.24. The third kappa shape index (κ3) is 2.13. The monoisotopic (exact) mass is 222 g/mol. The van der Waals surface area contributed by atoms with E-state index in [2.05, 4.69) is 4.98 Å². The van der Waals surface area contributed by atoms with Crippen molar-refractivity contribution in [3.05, 3.63) is 28.6 Å². The van der Waals surface area contributed by atoms with Crippen LogP contribution in [-0.4, -0.2) is 4.98 Å². The van der Waals surface area contributed by atoms with Crippen LogP contribution in [-0.2, 0) is 13.0 Å². The van der Waals surface area contributed by atoms with Crippen LogP contribution in [0.1, 0.15) is 28.8 Å². The normalized spacial score (nSPS) is 9.88. The minimum atomic E-state index is -2.84. The Morgan fingerprint density at radius 2 is 2.12 bits per heavy atom. The van der Waals surface area contributed by atoms with Crippen molar-refractivity contribution in [1.82, 2.24) is 4.98 Å². The van der Waals surface area contributed by atoms with Crippen molar-refractivity contribution in [1.29, 1.82) is 10.5 Å². The first-order valence-electron chi connectivity index (χ1n) is 4.41.